The van der Waals surface area contributed by atoms with Crippen molar-refractivity contribution < 1.29 is 4.74 Å². The van der Waals surface area contributed by atoms with Gasteiger partial charge in [0.25, 0.3) is 0 Å². The van der Waals surface area contributed by atoms with Gasteiger partial charge in [0.2, 0.25) is 11.8 Å². The molecule has 0 fully saturated rings. The van der Waals surface area contributed by atoms with Crippen molar-refractivity contribution in [1.82, 2.24) is 9.97 Å². The van der Waals surface area contributed by atoms with Gasteiger partial charge in [0, 0.05) is 18.3 Å². The van der Waals surface area contributed by atoms with Crippen LogP contribution in [0.5, 0.6) is 5.88 Å². The number of ether oxygens (including phenoxy) is 1. The van der Waals surface area contributed by atoms with Gasteiger partial charge in [-0.2, -0.15) is 16.7 Å². The Hall–Kier alpha value is -0.970. The van der Waals surface area contributed by atoms with Gasteiger partial charge in [-0.3, -0.25) is 0 Å². The summed E-state index contributed by atoms with van der Waals surface area (Å²) in [6, 6.07) is 2.15. The Morgan fingerprint density at radius 1 is 1.41 bits per heavy atom. The fraction of sp³-hybridized carbons (Fsp3) is 0.667. The standard InChI is InChI=1S/C12H21N3OS/c1-9(2)16-11-5-7-13-12(15-11)14-10(3)6-8-17-4/h5,7,9-10H,6,8H2,1-4H3,(H,13,14,15). The summed E-state index contributed by atoms with van der Waals surface area (Å²) in [5.74, 6) is 2.39. The number of anilines is 1. The molecule has 1 rings (SSSR count). The molecule has 1 unspecified atom stereocenters. The first-order valence-electron chi connectivity index (χ1n) is 5.87. The van der Waals surface area contributed by atoms with Gasteiger partial charge < -0.3 is 10.1 Å². The van der Waals surface area contributed by atoms with Crippen LogP contribution in [-0.2, 0) is 0 Å². The van der Waals surface area contributed by atoms with Crippen molar-refractivity contribution in [2.24, 2.45) is 0 Å². The maximum Gasteiger partial charge on any atom is 0.226 e. The molecule has 4 nitrogen and oxygen atoms in total. The maximum atomic E-state index is 5.52. The average Bonchev–Trinajstić information content (AvgIpc) is 2.26. The van der Waals surface area contributed by atoms with Crippen LogP contribution in [0.3, 0.4) is 0 Å². The minimum atomic E-state index is 0.131. The number of hydrogen-bond acceptors (Lipinski definition) is 5. The molecule has 17 heavy (non-hydrogen) atoms. The highest BCUT2D eigenvalue weighted by Gasteiger charge is 2.05. The van der Waals surface area contributed by atoms with Crippen LogP contribution in [0.25, 0.3) is 0 Å². The van der Waals surface area contributed by atoms with Gasteiger partial charge in [0.05, 0.1) is 6.10 Å². The molecule has 96 valence electrons. The molecule has 1 N–H and O–H groups in total. The first-order chi connectivity index (χ1) is 8.11. The monoisotopic (exact) mass is 255 g/mol. The zero-order valence-electron chi connectivity index (χ0n) is 10.9. The Bertz CT molecular complexity index is 333. The highest BCUT2D eigenvalue weighted by atomic mass is 32.2. The minimum absolute atomic E-state index is 0.131. The van der Waals surface area contributed by atoms with Crippen molar-refractivity contribution in [3.05, 3.63) is 12.3 Å². The third-order valence-electron chi connectivity index (χ3n) is 2.12. The van der Waals surface area contributed by atoms with Crippen LogP contribution in [-0.4, -0.2) is 34.1 Å². The highest BCUT2D eigenvalue weighted by Crippen LogP contribution is 2.12. The molecule has 0 saturated heterocycles. The van der Waals surface area contributed by atoms with E-state index in [1.807, 2.05) is 25.6 Å². The SMILES string of the molecule is CSCCC(C)Nc1nccc(OC(C)C)n1. The first-order valence-corrected chi connectivity index (χ1v) is 7.26. The van der Waals surface area contributed by atoms with Gasteiger partial charge in [0.15, 0.2) is 0 Å². The molecular weight excluding hydrogens is 234 g/mol. The van der Waals surface area contributed by atoms with Crippen LogP contribution in [0.15, 0.2) is 12.3 Å². The predicted octanol–water partition coefficient (Wildman–Crippen LogP) is 2.82. The number of nitrogens with one attached hydrogen (secondary N) is 1. The van der Waals surface area contributed by atoms with Crippen molar-refractivity contribution in [3.63, 3.8) is 0 Å². The van der Waals surface area contributed by atoms with E-state index in [0.29, 0.717) is 17.9 Å². The molecule has 0 aliphatic heterocycles. The van der Waals surface area contributed by atoms with E-state index in [1.54, 1.807) is 12.3 Å². The van der Waals surface area contributed by atoms with Crippen LogP contribution in [0.4, 0.5) is 5.95 Å². The van der Waals surface area contributed by atoms with E-state index < -0.39 is 0 Å². The Labute approximate surface area is 108 Å². The molecule has 0 bridgehead atoms. The van der Waals surface area contributed by atoms with Gasteiger partial charge in [-0.1, -0.05) is 0 Å². The van der Waals surface area contributed by atoms with E-state index in [2.05, 4.69) is 28.5 Å². The number of aromatic nitrogens is 2. The van der Waals surface area contributed by atoms with Gasteiger partial charge in [0.1, 0.15) is 0 Å². The number of thioether (sulfide) groups is 1. The zero-order chi connectivity index (χ0) is 12.7. The molecule has 0 aromatic carbocycles. The summed E-state index contributed by atoms with van der Waals surface area (Å²) in [4.78, 5) is 8.50. The average molecular weight is 255 g/mol. The summed E-state index contributed by atoms with van der Waals surface area (Å²) in [5, 5.41) is 3.27. The van der Waals surface area contributed by atoms with Crippen LogP contribution >= 0.6 is 11.8 Å². The third kappa shape index (κ3) is 5.77. The van der Waals surface area contributed by atoms with Crippen molar-refractivity contribution in [2.45, 2.75) is 39.3 Å². The van der Waals surface area contributed by atoms with E-state index in [9.17, 15) is 0 Å². The topological polar surface area (TPSA) is 47.0 Å². The Balaban J connectivity index is 2.53. The summed E-state index contributed by atoms with van der Waals surface area (Å²) in [6.45, 7) is 6.10. The largest absolute Gasteiger partial charge is 0.475 e. The second-order valence-electron chi connectivity index (χ2n) is 4.21. The van der Waals surface area contributed by atoms with Gasteiger partial charge >= 0.3 is 0 Å². The van der Waals surface area contributed by atoms with Gasteiger partial charge in [-0.25, -0.2) is 4.98 Å². The van der Waals surface area contributed by atoms with Crippen molar-refractivity contribution in [2.75, 3.05) is 17.3 Å². The molecule has 1 aromatic rings. The second-order valence-corrected chi connectivity index (χ2v) is 5.20. The quantitative estimate of drug-likeness (QED) is 0.812. The lowest BCUT2D eigenvalue weighted by Crippen LogP contribution is -2.18. The molecule has 0 amide bonds. The zero-order valence-corrected chi connectivity index (χ0v) is 11.8. The lowest BCUT2D eigenvalue weighted by molar-refractivity contribution is 0.232. The van der Waals surface area contributed by atoms with E-state index >= 15 is 0 Å². The molecule has 0 radical (unpaired) electrons. The summed E-state index contributed by atoms with van der Waals surface area (Å²) in [5.41, 5.74) is 0. The fourth-order valence-electron chi connectivity index (χ4n) is 1.31. The molecule has 0 aliphatic rings. The fourth-order valence-corrected chi connectivity index (χ4v) is 1.90. The van der Waals surface area contributed by atoms with Crippen LogP contribution in [0, 0.1) is 0 Å². The molecule has 0 spiro atoms. The molecule has 5 heteroatoms. The van der Waals surface area contributed by atoms with Gasteiger partial charge in [-0.15, -0.1) is 0 Å². The van der Waals surface area contributed by atoms with E-state index in [1.165, 1.54) is 0 Å². The minimum Gasteiger partial charge on any atom is -0.475 e. The van der Waals surface area contributed by atoms with E-state index in [-0.39, 0.29) is 6.10 Å². The van der Waals surface area contributed by atoms with Gasteiger partial charge in [-0.05, 0) is 39.2 Å². The number of nitrogens with zero attached hydrogens (tertiary/aromatic N) is 2. The van der Waals surface area contributed by atoms with Crippen LogP contribution in [0.1, 0.15) is 27.2 Å². The van der Waals surface area contributed by atoms with Crippen LogP contribution in [0.2, 0.25) is 0 Å². The molecular formula is C12H21N3OS. The summed E-state index contributed by atoms with van der Waals surface area (Å²) in [7, 11) is 0. The van der Waals surface area contributed by atoms with E-state index in [4.69, 9.17) is 4.74 Å². The summed E-state index contributed by atoms with van der Waals surface area (Å²) in [6.07, 6.45) is 5.06. The second kappa shape index (κ2) is 7.37. The first kappa shape index (κ1) is 14.1. The van der Waals surface area contributed by atoms with Crippen molar-refractivity contribution in [3.8, 4) is 5.88 Å². The maximum absolute atomic E-state index is 5.52. The summed E-state index contributed by atoms with van der Waals surface area (Å²) >= 11 is 1.85. The summed E-state index contributed by atoms with van der Waals surface area (Å²) < 4.78 is 5.52. The lowest BCUT2D eigenvalue weighted by atomic mass is 10.3. The molecule has 0 aliphatic carbocycles. The van der Waals surface area contributed by atoms with Crippen molar-refractivity contribution >= 4 is 17.7 Å². The molecule has 1 atom stereocenters. The number of hydrogen-bond donors (Lipinski definition) is 1. The normalized spacial score (nSPS) is 12.5. The van der Waals surface area contributed by atoms with Crippen molar-refractivity contribution in [1.29, 1.82) is 0 Å². The smallest absolute Gasteiger partial charge is 0.226 e. The predicted molar refractivity (Wildman–Crippen MR) is 73.9 cm³/mol. The Kier molecular flexibility index (Phi) is 6.11. The number of rotatable bonds is 7. The highest BCUT2D eigenvalue weighted by molar-refractivity contribution is 7.98. The third-order valence-corrected chi connectivity index (χ3v) is 2.76. The Morgan fingerprint density at radius 3 is 2.82 bits per heavy atom. The van der Waals surface area contributed by atoms with E-state index in [0.717, 1.165) is 12.2 Å². The molecule has 1 aromatic heterocycles. The Morgan fingerprint density at radius 2 is 2.18 bits per heavy atom. The molecule has 1 heterocycles. The lowest BCUT2D eigenvalue weighted by Gasteiger charge is -2.14. The molecule has 0 saturated carbocycles. The van der Waals surface area contributed by atoms with Crippen LogP contribution < -0.4 is 10.1 Å².